The first-order valence-electron chi connectivity index (χ1n) is 11.6. The maximum atomic E-state index is 13.9. The Hall–Kier alpha value is -4.72. The third-order valence-electron chi connectivity index (χ3n) is 6.55. The van der Waals surface area contributed by atoms with E-state index in [-0.39, 0.29) is 12.2 Å². The third-order valence-corrected chi connectivity index (χ3v) is 6.55. The number of aliphatic carboxylic acids is 1. The van der Waals surface area contributed by atoms with Crippen LogP contribution in [0.4, 0.5) is 5.69 Å². The maximum Gasteiger partial charge on any atom is 0.307 e. The minimum atomic E-state index is -1.93. The fraction of sp³-hybridized carbons (Fsp3) is 0.179. The van der Waals surface area contributed by atoms with Crippen molar-refractivity contribution in [3.05, 3.63) is 89.5 Å². The molecule has 5 N–H and O–H groups in total. The van der Waals surface area contributed by atoms with Crippen molar-refractivity contribution >= 4 is 35.4 Å². The Morgan fingerprint density at radius 2 is 1.78 bits per heavy atom. The number of nitrogens with zero attached hydrogens (tertiary/aromatic N) is 3. The number of benzene rings is 3. The van der Waals surface area contributed by atoms with Crippen LogP contribution in [0.5, 0.6) is 0 Å². The fourth-order valence-corrected chi connectivity index (χ4v) is 4.60. The molecule has 1 amide bonds. The summed E-state index contributed by atoms with van der Waals surface area (Å²) in [5.74, 6) is 5.30. The largest absolute Gasteiger partial charge is 0.481 e. The zero-order valence-corrected chi connectivity index (χ0v) is 20.3. The average Bonchev–Trinajstić information content (AvgIpc) is 2.96. The van der Waals surface area contributed by atoms with Gasteiger partial charge < -0.3 is 21.6 Å². The number of hydrazone groups is 1. The molecule has 1 aliphatic rings. The number of hydrogen-bond donors (Lipinski definition) is 3. The van der Waals surface area contributed by atoms with Crippen LogP contribution in [0.15, 0.2) is 77.9 Å². The number of amides is 1. The van der Waals surface area contributed by atoms with Gasteiger partial charge in [0.25, 0.3) is 5.91 Å². The number of hydrogen-bond acceptors (Lipinski definition) is 7. The van der Waals surface area contributed by atoms with E-state index in [1.165, 1.54) is 16.0 Å². The first kappa shape index (κ1) is 25.4. The Morgan fingerprint density at radius 1 is 1.08 bits per heavy atom. The van der Waals surface area contributed by atoms with Crippen LogP contribution in [0.2, 0.25) is 0 Å². The predicted octanol–water partition coefficient (Wildman–Crippen LogP) is 2.47. The summed E-state index contributed by atoms with van der Waals surface area (Å²) in [6.07, 6.45) is 1.28. The molecular weight excluding hydrogens is 470 g/mol. The van der Waals surface area contributed by atoms with Crippen molar-refractivity contribution in [1.82, 2.24) is 4.90 Å². The highest BCUT2D eigenvalue weighted by atomic mass is 16.4. The highest BCUT2D eigenvalue weighted by Gasteiger charge is 2.48. The quantitative estimate of drug-likeness (QED) is 0.197. The highest BCUT2D eigenvalue weighted by Crippen LogP contribution is 2.42. The Labute approximate surface area is 214 Å². The minimum Gasteiger partial charge on any atom is -0.481 e. The molecule has 0 aromatic heterocycles. The number of carboxylic acid groups (broad SMARTS) is 1. The van der Waals surface area contributed by atoms with E-state index < -0.39 is 24.0 Å². The summed E-state index contributed by atoms with van der Waals surface area (Å²) in [4.78, 5) is 41.0. The fourth-order valence-electron chi connectivity index (χ4n) is 4.60. The number of anilines is 1. The van der Waals surface area contributed by atoms with E-state index >= 15 is 0 Å². The Kier molecular flexibility index (Phi) is 7.20. The summed E-state index contributed by atoms with van der Waals surface area (Å²) in [5.41, 5.74) is 8.70. The number of carboxylic acids is 1. The molecule has 0 radical (unpaired) electrons. The van der Waals surface area contributed by atoms with Gasteiger partial charge >= 0.3 is 5.97 Å². The van der Waals surface area contributed by atoms with Gasteiger partial charge in [0.1, 0.15) is 5.70 Å². The molecule has 9 nitrogen and oxygen atoms in total. The van der Waals surface area contributed by atoms with Crippen LogP contribution in [-0.2, 0) is 20.8 Å². The topological polar surface area (TPSA) is 142 Å². The second-order valence-electron chi connectivity index (χ2n) is 8.80. The van der Waals surface area contributed by atoms with Gasteiger partial charge in [-0.05, 0) is 34.7 Å². The predicted molar refractivity (Wildman–Crippen MR) is 142 cm³/mol. The average molecular weight is 498 g/mol. The van der Waals surface area contributed by atoms with E-state index in [9.17, 15) is 19.5 Å². The van der Waals surface area contributed by atoms with Gasteiger partial charge in [-0.2, -0.15) is 5.10 Å². The molecule has 1 aliphatic heterocycles. The van der Waals surface area contributed by atoms with Crippen molar-refractivity contribution in [2.24, 2.45) is 16.7 Å². The summed E-state index contributed by atoms with van der Waals surface area (Å²) in [5, 5.41) is 13.2. The molecule has 3 aromatic rings. The number of carbonyl (C=O) groups is 2. The lowest BCUT2D eigenvalue weighted by Gasteiger charge is -2.38. The van der Waals surface area contributed by atoms with Crippen LogP contribution < -0.4 is 16.5 Å². The van der Waals surface area contributed by atoms with Crippen LogP contribution in [0.1, 0.15) is 23.1 Å². The van der Waals surface area contributed by atoms with Crippen molar-refractivity contribution in [1.29, 1.82) is 0 Å². The highest BCUT2D eigenvalue weighted by molar-refractivity contribution is 6.09. The lowest BCUT2D eigenvalue weighted by Crippen LogP contribution is -2.64. The molecule has 0 aliphatic carbocycles. The van der Waals surface area contributed by atoms with Gasteiger partial charge in [-0.25, -0.2) is 4.79 Å². The van der Waals surface area contributed by atoms with E-state index in [0.717, 1.165) is 16.7 Å². The van der Waals surface area contributed by atoms with Gasteiger partial charge in [0.05, 0.1) is 12.6 Å². The molecule has 9 heteroatoms. The molecular formula is C28H27N5O4. The standard InChI is InChI=1S/C28H27N5O4/c1-32-23-9-5-8-22(21-12-10-20(11-13-21)17-31-30)26(23)24(18-34)33(15-14-19-6-3-2-4-7-19)27(37)28(32,29)16-25(35)36/h2-13,17H,14-16,29-30H2,1H3,(H,35,36). The molecule has 1 heterocycles. The molecule has 0 bridgehead atoms. The molecule has 37 heavy (non-hydrogen) atoms. The number of rotatable bonds is 7. The summed E-state index contributed by atoms with van der Waals surface area (Å²) >= 11 is 0. The molecule has 0 saturated carbocycles. The van der Waals surface area contributed by atoms with Gasteiger partial charge in [0.15, 0.2) is 11.6 Å². The number of nitrogens with two attached hydrogens (primary N) is 2. The summed E-state index contributed by atoms with van der Waals surface area (Å²) in [6, 6.07) is 22.1. The SMILES string of the molecule is CN1c2cccc(-c3ccc(C=NN)cc3)c2C(=C=O)N(CCc2ccccc2)C(=O)C1(N)CC(=O)O. The Balaban J connectivity index is 1.91. The zero-order chi connectivity index (χ0) is 26.6. The maximum absolute atomic E-state index is 13.9. The third kappa shape index (κ3) is 4.86. The minimum absolute atomic E-state index is 0.00342. The van der Waals surface area contributed by atoms with Crippen molar-refractivity contribution in [2.75, 3.05) is 18.5 Å². The van der Waals surface area contributed by atoms with Crippen LogP contribution in [0.25, 0.3) is 16.8 Å². The van der Waals surface area contributed by atoms with Crippen LogP contribution in [0.3, 0.4) is 0 Å². The first-order chi connectivity index (χ1) is 17.8. The molecule has 1 unspecified atom stereocenters. The molecule has 0 fully saturated rings. The van der Waals surface area contributed by atoms with E-state index in [2.05, 4.69) is 5.10 Å². The molecule has 4 rings (SSSR count). The van der Waals surface area contributed by atoms with E-state index in [1.54, 1.807) is 19.2 Å². The molecule has 188 valence electrons. The van der Waals surface area contributed by atoms with Gasteiger partial charge in [-0.1, -0.05) is 66.7 Å². The molecule has 1 atom stereocenters. The van der Waals surface area contributed by atoms with E-state index in [1.807, 2.05) is 66.6 Å². The Morgan fingerprint density at radius 3 is 2.41 bits per heavy atom. The van der Waals surface area contributed by atoms with E-state index in [4.69, 9.17) is 11.6 Å². The lowest BCUT2D eigenvalue weighted by molar-refractivity contribution is -0.144. The van der Waals surface area contributed by atoms with Crippen molar-refractivity contribution in [3.8, 4) is 11.1 Å². The van der Waals surface area contributed by atoms with Gasteiger partial charge in [-0.15, -0.1) is 0 Å². The summed E-state index contributed by atoms with van der Waals surface area (Å²) < 4.78 is 0. The molecule has 0 saturated heterocycles. The first-order valence-corrected chi connectivity index (χ1v) is 11.6. The summed E-state index contributed by atoms with van der Waals surface area (Å²) in [6.45, 7) is 0.111. The summed E-state index contributed by atoms with van der Waals surface area (Å²) in [7, 11) is 1.56. The van der Waals surface area contributed by atoms with Crippen LogP contribution >= 0.6 is 0 Å². The monoisotopic (exact) mass is 497 g/mol. The van der Waals surface area contributed by atoms with Crippen molar-refractivity contribution in [3.63, 3.8) is 0 Å². The zero-order valence-electron chi connectivity index (χ0n) is 20.3. The van der Waals surface area contributed by atoms with Gasteiger partial charge in [0, 0.05) is 24.8 Å². The molecule has 3 aromatic carbocycles. The smallest absolute Gasteiger partial charge is 0.307 e. The number of carbonyl (C=O) groups excluding carboxylic acids is 2. The number of fused-ring (bicyclic) bond motifs is 1. The molecule has 0 spiro atoms. The second kappa shape index (κ2) is 10.5. The van der Waals surface area contributed by atoms with Crippen LogP contribution in [0, 0.1) is 0 Å². The van der Waals surface area contributed by atoms with Gasteiger partial charge in [0.2, 0.25) is 0 Å². The van der Waals surface area contributed by atoms with E-state index in [0.29, 0.717) is 23.2 Å². The second-order valence-corrected chi connectivity index (χ2v) is 8.80. The normalized spacial score (nSPS) is 17.5. The lowest BCUT2D eigenvalue weighted by atomic mass is 9.94. The van der Waals surface area contributed by atoms with Crippen LogP contribution in [-0.4, -0.2) is 53.3 Å². The van der Waals surface area contributed by atoms with Crippen molar-refractivity contribution in [2.45, 2.75) is 18.5 Å². The number of likely N-dealkylation sites (N-methyl/N-ethyl adjacent to an activating group) is 1. The van der Waals surface area contributed by atoms with Crippen molar-refractivity contribution < 1.29 is 19.5 Å². The van der Waals surface area contributed by atoms with Gasteiger partial charge in [-0.3, -0.25) is 14.5 Å². The Bertz CT molecular complexity index is 1400.